The molecule has 1 aliphatic heterocycles. The minimum atomic E-state index is -0.353. The second-order valence-corrected chi connectivity index (χ2v) is 5.50. The number of unbranched alkanes of at least 4 members (excludes halogenated alkanes) is 1. The smallest absolute Gasteiger partial charge is 0.326 e. The summed E-state index contributed by atoms with van der Waals surface area (Å²) >= 11 is 0. The van der Waals surface area contributed by atoms with Crippen LogP contribution in [0.1, 0.15) is 39.5 Å². The van der Waals surface area contributed by atoms with Crippen LogP contribution in [-0.4, -0.2) is 31.1 Å². The number of amides is 1. The zero-order valence-corrected chi connectivity index (χ0v) is 13.3. The van der Waals surface area contributed by atoms with Gasteiger partial charge in [0.2, 0.25) is 5.91 Å². The van der Waals surface area contributed by atoms with Crippen molar-refractivity contribution >= 4 is 23.3 Å². The monoisotopic (exact) mass is 304 g/mol. The molecule has 1 amide bonds. The van der Waals surface area contributed by atoms with Crippen LogP contribution in [0.5, 0.6) is 0 Å². The number of para-hydroxylation sites is 2. The quantitative estimate of drug-likeness (QED) is 0.621. The number of carbonyl (C=O) groups excluding carboxylic acids is 2. The van der Waals surface area contributed by atoms with E-state index in [4.69, 9.17) is 4.74 Å². The number of hydrogen-bond acceptors (Lipinski definition) is 4. The van der Waals surface area contributed by atoms with E-state index in [1.54, 1.807) is 4.90 Å². The summed E-state index contributed by atoms with van der Waals surface area (Å²) in [5, 5.41) is 3.26. The van der Waals surface area contributed by atoms with Crippen molar-refractivity contribution in [3.63, 3.8) is 0 Å². The number of nitrogens with zero attached hydrogens (tertiary/aromatic N) is 1. The Morgan fingerprint density at radius 1 is 1.27 bits per heavy atom. The van der Waals surface area contributed by atoms with Crippen molar-refractivity contribution < 1.29 is 14.3 Å². The standard InChI is InChI=1S/C17H24N2O3/c1-3-5-11-22-16(20)12-19-15-10-7-6-9-13(15)18-14(8-4-2)17(19)21/h6-7,9-10,14,18H,3-5,8,11-12H2,1-2H3. The van der Waals surface area contributed by atoms with Gasteiger partial charge in [-0.1, -0.05) is 38.8 Å². The van der Waals surface area contributed by atoms with E-state index in [1.165, 1.54) is 0 Å². The van der Waals surface area contributed by atoms with Gasteiger partial charge < -0.3 is 10.1 Å². The molecule has 1 unspecified atom stereocenters. The van der Waals surface area contributed by atoms with Crippen LogP contribution in [0, 0.1) is 0 Å². The number of anilines is 2. The minimum absolute atomic E-state index is 0.0263. The molecule has 120 valence electrons. The number of rotatable bonds is 7. The Morgan fingerprint density at radius 2 is 2.05 bits per heavy atom. The number of carbonyl (C=O) groups is 2. The van der Waals surface area contributed by atoms with Crippen molar-refractivity contribution in [2.24, 2.45) is 0 Å². The van der Waals surface area contributed by atoms with Crippen molar-refractivity contribution in [1.82, 2.24) is 0 Å². The van der Waals surface area contributed by atoms with Gasteiger partial charge in [-0.3, -0.25) is 14.5 Å². The average Bonchev–Trinajstić information content (AvgIpc) is 2.52. The van der Waals surface area contributed by atoms with Crippen LogP contribution in [0.15, 0.2) is 24.3 Å². The Balaban J connectivity index is 2.13. The topological polar surface area (TPSA) is 58.6 Å². The van der Waals surface area contributed by atoms with Crippen LogP contribution in [0.4, 0.5) is 11.4 Å². The summed E-state index contributed by atoms with van der Waals surface area (Å²) < 4.78 is 5.19. The molecule has 1 aliphatic rings. The Labute approximate surface area is 131 Å². The molecule has 0 aromatic heterocycles. The van der Waals surface area contributed by atoms with Gasteiger partial charge in [0.15, 0.2) is 0 Å². The largest absolute Gasteiger partial charge is 0.464 e. The maximum Gasteiger partial charge on any atom is 0.326 e. The second-order valence-electron chi connectivity index (χ2n) is 5.50. The molecule has 0 fully saturated rings. The highest BCUT2D eigenvalue weighted by atomic mass is 16.5. The van der Waals surface area contributed by atoms with Crippen LogP contribution < -0.4 is 10.2 Å². The molecule has 2 rings (SSSR count). The van der Waals surface area contributed by atoms with E-state index in [9.17, 15) is 9.59 Å². The van der Waals surface area contributed by atoms with Crippen LogP contribution in [0.2, 0.25) is 0 Å². The van der Waals surface area contributed by atoms with Crippen molar-refractivity contribution in [3.05, 3.63) is 24.3 Å². The third-order valence-electron chi connectivity index (χ3n) is 3.71. The van der Waals surface area contributed by atoms with Crippen molar-refractivity contribution in [2.75, 3.05) is 23.4 Å². The molecule has 0 bridgehead atoms. The Hall–Kier alpha value is -2.04. The lowest BCUT2D eigenvalue weighted by Gasteiger charge is -2.34. The minimum Gasteiger partial charge on any atom is -0.464 e. The Morgan fingerprint density at radius 3 is 2.77 bits per heavy atom. The lowest BCUT2D eigenvalue weighted by Crippen LogP contribution is -2.49. The number of benzene rings is 1. The summed E-state index contributed by atoms with van der Waals surface area (Å²) in [4.78, 5) is 26.1. The Bertz CT molecular complexity index is 530. The molecular weight excluding hydrogens is 280 g/mol. The molecule has 0 saturated heterocycles. The summed E-state index contributed by atoms with van der Waals surface area (Å²) in [5.41, 5.74) is 1.63. The second kappa shape index (κ2) is 7.82. The number of fused-ring (bicyclic) bond motifs is 1. The molecule has 0 saturated carbocycles. The summed E-state index contributed by atoms with van der Waals surface area (Å²) in [7, 11) is 0. The number of nitrogens with one attached hydrogen (secondary N) is 1. The predicted molar refractivity (Wildman–Crippen MR) is 87.0 cm³/mol. The molecule has 5 heteroatoms. The molecule has 0 radical (unpaired) electrons. The predicted octanol–water partition coefficient (Wildman–Crippen LogP) is 2.96. The Kier molecular flexibility index (Phi) is 5.81. The van der Waals surface area contributed by atoms with Gasteiger partial charge in [0, 0.05) is 0 Å². The maximum absolute atomic E-state index is 12.6. The third kappa shape index (κ3) is 3.78. The normalized spacial score (nSPS) is 16.9. The maximum atomic E-state index is 12.6. The van der Waals surface area contributed by atoms with Gasteiger partial charge in [0.25, 0.3) is 0 Å². The first-order valence-corrected chi connectivity index (χ1v) is 8.00. The van der Waals surface area contributed by atoms with E-state index < -0.39 is 0 Å². The molecule has 0 aliphatic carbocycles. The molecule has 1 aromatic carbocycles. The van der Waals surface area contributed by atoms with Crippen LogP contribution >= 0.6 is 0 Å². The zero-order chi connectivity index (χ0) is 15.9. The zero-order valence-electron chi connectivity index (χ0n) is 13.3. The third-order valence-corrected chi connectivity index (χ3v) is 3.71. The first-order valence-electron chi connectivity index (χ1n) is 8.00. The van der Waals surface area contributed by atoms with Gasteiger partial charge in [-0.2, -0.15) is 0 Å². The lowest BCUT2D eigenvalue weighted by molar-refractivity contribution is -0.143. The van der Waals surface area contributed by atoms with E-state index in [0.29, 0.717) is 6.61 Å². The highest BCUT2D eigenvalue weighted by molar-refractivity contribution is 6.07. The van der Waals surface area contributed by atoms with Gasteiger partial charge in [0.1, 0.15) is 12.6 Å². The summed E-state index contributed by atoms with van der Waals surface area (Å²) in [6.07, 6.45) is 3.46. The van der Waals surface area contributed by atoms with Gasteiger partial charge in [0.05, 0.1) is 18.0 Å². The SMILES string of the molecule is CCCCOC(=O)CN1C(=O)C(CCC)Nc2ccccc21. The van der Waals surface area contributed by atoms with E-state index in [2.05, 4.69) is 5.32 Å². The molecule has 1 atom stereocenters. The molecule has 1 N–H and O–H groups in total. The average molecular weight is 304 g/mol. The molecule has 5 nitrogen and oxygen atoms in total. The summed E-state index contributed by atoms with van der Waals surface area (Å²) in [6, 6.07) is 7.29. The lowest BCUT2D eigenvalue weighted by atomic mass is 10.0. The first kappa shape index (κ1) is 16.3. The highest BCUT2D eigenvalue weighted by Gasteiger charge is 2.32. The fourth-order valence-corrected chi connectivity index (χ4v) is 2.54. The van der Waals surface area contributed by atoms with Crippen LogP contribution in [0.3, 0.4) is 0 Å². The van der Waals surface area contributed by atoms with E-state index in [1.807, 2.05) is 38.1 Å². The molecule has 0 spiro atoms. The van der Waals surface area contributed by atoms with E-state index >= 15 is 0 Å². The molecule has 22 heavy (non-hydrogen) atoms. The fourth-order valence-electron chi connectivity index (χ4n) is 2.54. The van der Waals surface area contributed by atoms with Crippen LogP contribution in [-0.2, 0) is 14.3 Å². The van der Waals surface area contributed by atoms with Gasteiger partial charge >= 0.3 is 5.97 Å². The molecular formula is C17H24N2O3. The number of hydrogen-bond donors (Lipinski definition) is 1. The van der Waals surface area contributed by atoms with Crippen LogP contribution in [0.25, 0.3) is 0 Å². The van der Waals surface area contributed by atoms with E-state index in [0.717, 1.165) is 37.1 Å². The highest BCUT2D eigenvalue weighted by Crippen LogP contribution is 2.32. The molecule has 1 heterocycles. The van der Waals surface area contributed by atoms with Gasteiger partial charge in [-0.05, 0) is 25.0 Å². The van der Waals surface area contributed by atoms with Gasteiger partial charge in [-0.25, -0.2) is 0 Å². The first-order chi connectivity index (χ1) is 10.7. The number of ether oxygens (including phenoxy) is 1. The summed E-state index contributed by atoms with van der Waals surface area (Å²) in [6.45, 7) is 4.47. The fraction of sp³-hybridized carbons (Fsp3) is 0.529. The summed E-state index contributed by atoms with van der Waals surface area (Å²) in [5.74, 6) is -0.415. The van der Waals surface area contributed by atoms with Crippen molar-refractivity contribution in [3.8, 4) is 0 Å². The van der Waals surface area contributed by atoms with Crippen molar-refractivity contribution in [2.45, 2.75) is 45.6 Å². The molecule has 1 aromatic rings. The number of esters is 1. The van der Waals surface area contributed by atoms with Gasteiger partial charge in [-0.15, -0.1) is 0 Å². The van der Waals surface area contributed by atoms with E-state index in [-0.39, 0.29) is 24.5 Å². The van der Waals surface area contributed by atoms with Crippen molar-refractivity contribution in [1.29, 1.82) is 0 Å².